The lowest BCUT2D eigenvalue weighted by Gasteiger charge is -2.06. The van der Waals surface area contributed by atoms with Gasteiger partial charge in [-0.1, -0.05) is 25.5 Å². The van der Waals surface area contributed by atoms with Gasteiger partial charge in [0.25, 0.3) is 0 Å². The van der Waals surface area contributed by atoms with Crippen LogP contribution < -0.4 is 11.1 Å². The van der Waals surface area contributed by atoms with Gasteiger partial charge >= 0.3 is 0 Å². The highest BCUT2D eigenvalue weighted by Crippen LogP contribution is 2.12. The van der Waals surface area contributed by atoms with Crippen LogP contribution in [0.2, 0.25) is 0 Å². The third kappa shape index (κ3) is 6.07. The van der Waals surface area contributed by atoms with Crippen molar-refractivity contribution in [1.29, 1.82) is 0 Å². The minimum Gasteiger partial charge on any atom is -0.330 e. The molecule has 0 saturated heterocycles. The molecule has 100 valence electrons. The smallest absolute Gasteiger partial charge is 0.234 e. The number of thioether (sulfide) groups is 1. The predicted octanol–water partition coefficient (Wildman–Crippen LogP) is 2.66. The van der Waals surface area contributed by atoms with Crippen LogP contribution in [0.1, 0.15) is 25.3 Å². The number of carbonyl (C=O) groups is 1. The van der Waals surface area contributed by atoms with Gasteiger partial charge in [-0.25, -0.2) is 0 Å². The van der Waals surface area contributed by atoms with Gasteiger partial charge < -0.3 is 11.1 Å². The van der Waals surface area contributed by atoms with Crippen molar-refractivity contribution in [3.63, 3.8) is 0 Å². The highest BCUT2D eigenvalue weighted by molar-refractivity contribution is 7.99. The fourth-order valence-electron chi connectivity index (χ4n) is 1.59. The minimum absolute atomic E-state index is 0.0558. The number of amides is 1. The Morgan fingerprint density at radius 2 is 2.06 bits per heavy atom. The molecular weight excluding hydrogens is 244 g/mol. The zero-order valence-electron chi connectivity index (χ0n) is 10.9. The monoisotopic (exact) mass is 266 g/mol. The molecule has 0 atom stereocenters. The number of anilines is 1. The van der Waals surface area contributed by atoms with E-state index >= 15 is 0 Å². The molecule has 0 aliphatic carbocycles. The molecule has 1 aromatic carbocycles. The van der Waals surface area contributed by atoms with Gasteiger partial charge in [0.15, 0.2) is 0 Å². The van der Waals surface area contributed by atoms with E-state index in [0.717, 1.165) is 30.7 Å². The molecule has 4 heteroatoms. The van der Waals surface area contributed by atoms with E-state index in [4.69, 9.17) is 5.73 Å². The van der Waals surface area contributed by atoms with Crippen LogP contribution in [-0.4, -0.2) is 24.0 Å². The van der Waals surface area contributed by atoms with Gasteiger partial charge in [0.05, 0.1) is 5.75 Å². The second kappa shape index (κ2) is 9.00. The number of hydrogen-bond acceptors (Lipinski definition) is 3. The average molecular weight is 266 g/mol. The Kier molecular flexibility index (Phi) is 7.53. The number of rotatable bonds is 8. The topological polar surface area (TPSA) is 55.1 Å². The normalized spacial score (nSPS) is 10.3. The summed E-state index contributed by atoms with van der Waals surface area (Å²) in [5.74, 6) is 1.50. The van der Waals surface area contributed by atoms with Crippen LogP contribution in [0, 0.1) is 0 Å². The summed E-state index contributed by atoms with van der Waals surface area (Å²) in [7, 11) is 0. The maximum absolute atomic E-state index is 11.6. The van der Waals surface area contributed by atoms with Crippen LogP contribution in [0.3, 0.4) is 0 Å². The maximum Gasteiger partial charge on any atom is 0.234 e. The average Bonchev–Trinajstić information content (AvgIpc) is 2.37. The zero-order valence-corrected chi connectivity index (χ0v) is 11.8. The summed E-state index contributed by atoms with van der Waals surface area (Å²) in [6.45, 7) is 2.85. The Labute approximate surface area is 114 Å². The second-order valence-corrected chi connectivity index (χ2v) is 5.30. The number of benzene rings is 1. The lowest BCUT2D eigenvalue weighted by atomic mass is 10.1. The van der Waals surface area contributed by atoms with Gasteiger partial charge in [-0.3, -0.25) is 4.79 Å². The van der Waals surface area contributed by atoms with Crippen molar-refractivity contribution in [2.75, 3.05) is 23.4 Å². The molecule has 0 radical (unpaired) electrons. The maximum atomic E-state index is 11.6. The molecule has 1 rings (SSSR count). The molecule has 0 aliphatic rings. The van der Waals surface area contributed by atoms with Crippen molar-refractivity contribution in [2.45, 2.75) is 26.2 Å². The van der Waals surface area contributed by atoms with Gasteiger partial charge in [-0.2, -0.15) is 11.8 Å². The fourth-order valence-corrected chi connectivity index (χ4v) is 2.36. The lowest BCUT2D eigenvalue weighted by Crippen LogP contribution is -2.14. The second-order valence-electron chi connectivity index (χ2n) is 4.19. The molecule has 0 heterocycles. The Bertz CT molecular complexity index is 351. The minimum atomic E-state index is 0.0558. The standard InChI is InChI=1S/C14H22N2OS/c1-2-4-12-5-7-13(8-6-12)16-14(17)11-18-10-3-9-15/h5-8H,2-4,9-11,15H2,1H3,(H,16,17). The quantitative estimate of drug-likeness (QED) is 0.711. The fraction of sp³-hybridized carbons (Fsp3) is 0.500. The van der Waals surface area contributed by atoms with Gasteiger partial charge in [0.2, 0.25) is 5.91 Å². The Hall–Kier alpha value is -1.00. The largest absolute Gasteiger partial charge is 0.330 e. The number of nitrogens with two attached hydrogens (primary N) is 1. The summed E-state index contributed by atoms with van der Waals surface area (Å²) < 4.78 is 0. The van der Waals surface area contributed by atoms with E-state index in [-0.39, 0.29) is 5.91 Å². The van der Waals surface area contributed by atoms with Crippen LogP contribution in [0.25, 0.3) is 0 Å². The third-order valence-corrected chi connectivity index (χ3v) is 3.55. The Balaban J connectivity index is 2.30. The molecule has 1 amide bonds. The number of nitrogens with one attached hydrogen (secondary N) is 1. The van der Waals surface area contributed by atoms with Crippen molar-refractivity contribution in [1.82, 2.24) is 0 Å². The van der Waals surface area contributed by atoms with Crippen molar-refractivity contribution >= 4 is 23.4 Å². The zero-order chi connectivity index (χ0) is 13.2. The highest BCUT2D eigenvalue weighted by Gasteiger charge is 2.02. The molecule has 18 heavy (non-hydrogen) atoms. The number of carbonyl (C=O) groups excluding carboxylic acids is 1. The molecule has 0 saturated carbocycles. The summed E-state index contributed by atoms with van der Waals surface area (Å²) in [5.41, 5.74) is 7.58. The Morgan fingerprint density at radius 1 is 1.33 bits per heavy atom. The molecule has 3 N–H and O–H groups in total. The summed E-state index contributed by atoms with van der Waals surface area (Å²) >= 11 is 1.62. The molecule has 1 aromatic rings. The molecule has 0 bridgehead atoms. The molecule has 0 fully saturated rings. The van der Waals surface area contributed by atoms with Crippen molar-refractivity contribution in [2.24, 2.45) is 5.73 Å². The van der Waals surface area contributed by atoms with Crippen LogP contribution in [0.15, 0.2) is 24.3 Å². The van der Waals surface area contributed by atoms with E-state index in [1.165, 1.54) is 5.56 Å². The van der Waals surface area contributed by atoms with E-state index in [9.17, 15) is 4.79 Å². The van der Waals surface area contributed by atoms with Crippen molar-refractivity contribution in [3.8, 4) is 0 Å². The first-order valence-electron chi connectivity index (χ1n) is 6.43. The molecule has 0 unspecified atom stereocenters. The third-order valence-electron chi connectivity index (χ3n) is 2.50. The summed E-state index contributed by atoms with van der Waals surface area (Å²) in [6.07, 6.45) is 3.19. The van der Waals surface area contributed by atoms with Crippen LogP contribution >= 0.6 is 11.8 Å². The van der Waals surface area contributed by atoms with Crippen LogP contribution in [0.4, 0.5) is 5.69 Å². The van der Waals surface area contributed by atoms with Gasteiger partial charge in [0.1, 0.15) is 0 Å². The van der Waals surface area contributed by atoms with Crippen molar-refractivity contribution in [3.05, 3.63) is 29.8 Å². The first-order valence-corrected chi connectivity index (χ1v) is 7.58. The first kappa shape index (κ1) is 15.1. The molecule has 3 nitrogen and oxygen atoms in total. The van der Waals surface area contributed by atoms with Gasteiger partial charge in [-0.15, -0.1) is 0 Å². The summed E-state index contributed by atoms with van der Waals surface area (Å²) in [4.78, 5) is 11.6. The van der Waals surface area contributed by atoms with Crippen molar-refractivity contribution < 1.29 is 4.79 Å². The lowest BCUT2D eigenvalue weighted by molar-refractivity contribution is -0.113. The van der Waals surface area contributed by atoms with Crippen LogP contribution in [-0.2, 0) is 11.2 Å². The molecule has 0 spiro atoms. The summed E-state index contributed by atoms with van der Waals surface area (Å²) in [5, 5.41) is 2.90. The van der Waals surface area contributed by atoms with E-state index in [2.05, 4.69) is 24.4 Å². The number of hydrogen-bond donors (Lipinski definition) is 2. The van der Waals surface area contributed by atoms with Crippen LogP contribution in [0.5, 0.6) is 0 Å². The highest BCUT2D eigenvalue weighted by atomic mass is 32.2. The number of aryl methyl sites for hydroxylation is 1. The first-order chi connectivity index (χ1) is 8.76. The molecular formula is C14H22N2OS. The molecule has 0 aromatic heterocycles. The van der Waals surface area contributed by atoms with E-state index in [1.54, 1.807) is 11.8 Å². The van der Waals surface area contributed by atoms with Gasteiger partial charge in [0, 0.05) is 5.69 Å². The summed E-state index contributed by atoms with van der Waals surface area (Å²) in [6, 6.07) is 8.07. The van der Waals surface area contributed by atoms with E-state index in [0.29, 0.717) is 12.3 Å². The Morgan fingerprint density at radius 3 is 2.67 bits per heavy atom. The predicted molar refractivity (Wildman–Crippen MR) is 80.1 cm³/mol. The van der Waals surface area contributed by atoms with Gasteiger partial charge in [-0.05, 0) is 42.8 Å². The van der Waals surface area contributed by atoms with E-state index < -0.39 is 0 Å². The molecule has 0 aliphatic heterocycles. The van der Waals surface area contributed by atoms with E-state index in [1.807, 2.05) is 12.1 Å². The SMILES string of the molecule is CCCc1ccc(NC(=O)CSCCCN)cc1.